The molecule has 1 rings (SSSR count). The smallest absolute Gasteiger partial charge is 0.251 e. The number of carbonyl (C=O) groups excluding carboxylic acids is 1. The Labute approximate surface area is 51.2 Å². The molecule has 5 heteroatoms. The highest BCUT2D eigenvalue weighted by Crippen LogP contribution is 1.90. The number of hydrogen-bond acceptors (Lipinski definition) is 3. The average molecular weight is 126 g/mol. The Bertz CT molecular complexity index is 228. The molecule has 0 aliphatic rings. The normalized spacial score (nSPS) is 9.33. The Morgan fingerprint density at radius 3 is 2.67 bits per heavy atom. The van der Waals surface area contributed by atoms with E-state index in [-0.39, 0.29) is 0 Å². The van der Waals surface area contributed by atoms with Gasteiger partial charge in [-0.15, -0.1) is 0 Å². The van der Waals surface area contributed by atoms with E-state index in [9.17, 15) is 4.79 Å². The van der Waals surface area contributed by atoms with E-state index in [2.05, 4.69) is 5.10 Å². The van der Waals surface area contributed by atoms with E-state index in [1.165, 1.54) is 12.4 Å². The highest BCUT2D eigenvalue weighted by Gasteiger charge is 2.00. The van der Waals surface area contributed by atoms with Crippen LogP contribution in [0.15, 0.2) is 12.4 Å². The number of primary amides is 1. The molecule has 0 aromatic carbocycles. The van der Waals surface area contributed by atoms with Crippen molar-refractivity contribution in [2.45, 2.75) is 0 Å². The maximum atomic E-state index is 10.3. The van der Waals surface area contributed by atoms with Crippen LogP contribution in [0, 0.1) is 0 Å². The minimum atomic E-state index is -0.522. The van der Waals surface area contributed by atoms with Gasteiger partial charge in [-0.2, -0.15) is 9.89 Å². The lowest BCUT2D eigenvalue weighted by Crippen LogP contribution is -2.11. The van der Waals surface area contributed by atoms with Crippen LogP contribution in [-0.2, 0) is 0 Å². The summed E-state index contributed by atoms with van der Waals surface area (Å²) >= 11 is 0. The van der Waals surface area contributed by atoms with Crippen molar-refractivity contribution in [3.8, 4) is 0 Å². The summed E-state index contributed by atoms with van der Waals surface area (Å²) in [7, 11) is 0. The van der Waals surface area contributed by atoms with Crippen molar-refractivity contribution in [3.05, 3.63) is 18.0 Å². The first-order chi connectivity index (χ1) is 4.20. The fraction of sp³-hybridized carbons (Fsp3) is 0. The highest BCUT2D eigenvalue weighted by molar-refractivity contribution is 5.92. The van der Waals surface area contributed by atoms with Crippen LogP contribution in [0.5, 0.6) is 0 Å². The first kappa shape index (κ1) is 5.61. The van der Waals surface area contributed by atoms with Crippen LogP contribution >= 0.6 is 0 Å². The maximum absolute atomic E-state index is 10.3. The third-order valence-electron chi connectivity index (χ3n) is 0.886. The Balaban J connectivity index is 2.98. The van der Waals surface area contributed by atoms with Crippen molar-refractivity contribution in [1.82, 2.24) is 9.89 Å². The molecule has 0 aliphatic heterocycles. The second-order valence-electron chi connectivity index (χ2n) is 1.57. The van der Waals surface area contributed by atoms with Gasteiger partial charge in [-0.25, -0.2) is 0 Å². The van der Waals surface area contributed by atoms with E-state index >= 15 is 0 Å². The first-order valence-corrected chi connectivity index (χ1v) is 2.29. The van der Waals surface area contributed by atoms with Crippen molar-refractivity contribution in [2.75, 3.05) is 5.84 Å². The monoisotopic (exact) mass is 126 g/mol. The van der Waals surface area contributed by atoms with Crippen LogP contribution in [-0.4, -0.2) is 15.8 Å². The SMILES string of the molecule is NC(=O)c1cnn(N)c1. The minimum Gasteiger partial charge on any atom is -0.365 e. The number of nitrogens with two attached hydrogens (primary N) is 2. The summed E-state index contributed by atoms with van der Waals surface area (Å²) in [6.45, 7) is 0. The Morgan fingerprint density at radius 2 is 2.44 bits per heavy atom. The standard InChI is InChI=1S/C4H6N4O/c5-4(9)3-1-7-8(6)2-3/h1-2H,6H2,(H2,5,9). The van der Waals surface area contributed by atoms with Crippen molar-refractivity contribution in [3.63, 3.8) is 0 Å². The molecule has 0 saturated heterocycles. The second-order valence-corrected chi connectivity index (χ2v) is 1.57. The van der Waals surface area contributed by atoms with Crippen LogP contribution in [0.25, 0.3) is 0 Å². The fourth-order valence-corrected chi connectivity index (χ4v) is 0.465. The maximum Gasteiger partial charge on any atom is 0.251 e. The van der Waals surface area contributed by atoms with Gasteiger partial charge in [0.25, 0.3) is 5.91 Å². The lowest BCUT2D eigenvalue weighted by atomic mass is 10.4. The molecule has 0 saturated carbocycles. The van der Waals surface area contributed by atoms with Crippen LogP contribution in [0.2, 0.25) is 0 Å². The fourth-order valence-electron chi connectivity index (χ4n) is 0.465. The number of nitrogen functional groups attached to an aromatic ring is 1. The van der Waals surface area contributed by atoms with Gasteiger partial charge < -0.3 is 11.6 Å². The molecule has 48 valence electrons. The zero-order chi connectivity index (χ0) is 6.85. The summed E-state index contributed by atoms with van der Waals surface area (Å²) in [4.78, 5) is 11.4. The summed E-state index contributed by atoms with van der Waals surface area (Å²) in [5.41, 5.74) is 5.20. The summed E-state index contributed by atoms with van der Waals surface area (Å²) in [6, 6.07) is 0. The van der Waals surface area contributed by atoms with Crippen molar-refractivity contribution in [2.24, 2.45) is 5.73 Å². The zero-order valence-corrected chi connectivity index (χ0v) is 4.61. The molecule has 0 radical (unpaired) electrons. The first-order valence-electron chi connectivity index (χ1n) is 2.29. The lowest BCUT2D eigenvalue weighted by molar-refractivity contribution is 0.100. The molecule has 5 nitrogen and oxygen atoms in total. The molecule has 0 atom stereocenters. The predicted octanol–water partition coefficient (Wildman–Crippen LogP) is -1.30. The number of amides is 1. The van der Waals surface area contributed by atoms with Gasteiger partial charge in [0.15, 0.2) is 0 Å². The molecule has 0 spiro atoms. The largest absolute Gasteiger partial charge is 0.365 e. The number of hydrogen-bond donors (Lipinski definition) is 2. The summed E-state index contributed by atoms with van der Waals surface area (Å²) in [6.07, 6.45) is 2.66. The number of carbonyl (C=O) groups is 1. The summed E-state index contributed by atoms with van der Waals surface area (Å²) in [5.74, 6) is 4.59. The molecular formula is C4H6N4O. The third-order valence-corrected chi connectivity index (χ3v) is 0.886. The van der Waals surface area contributed by atoms with Gasteiger partial charge in [0, 0.05) is 0 Å². The average Bonchev–Trinajstić information content (AvgIpc) is 2.14. The van der Waals surface area contributed by atoms with Crippen molar-refractivity contribution < 1.29 is 4.79 Å². The molecule has 0 bridgehead atoms. The van der Waals surface area contributed by atoms with E-state index in [4.69, 9.17) is 11.6 Å². The predicted molar refractivity (Wildman–Crippen MR) is 30.9 cm³/mol. The van der Waals surface area contributed by atoms with Crippen molar-refractivity contribution in [1.29, 1.82) is 0 Å². The highest BCUT2D eigenvalue weighted by atomic mass is 16.1. The minimum absolute atomic E-state index is 0.317. The van der Waals surface area contributed by atoms with E-state index in [0.29, 0.717) is 5.56 Å². The molecule has 0 fully saturated rings. The molecule has 0 aliphatic carbocycles. The molecular weight excluding hydrogens is 120 g/mol. The van der Waals surface area contributed by atoms with E-state index in [0.717, 1.165) is 4.79 Å². The molecule has 0 unspecified atom stereocenters. The molecule has 4 N–H and O–H groups in total. The molecule has 1 aromatic rings. The van der Waals surface area contributed by atoms with Crippen LogP contribution in [0.3, 0.4) is 0 Å². The topological polar surface area (TPSA) is 86.9 Å². The summed E-state index contributed by atoms with van der Waals surface area (Å²) in [5, 5.41) is 3.53. The Morgan fingerprint density at radius 1 is 1.78 bits per heavy atom. The van der Waals surface area contributed by atoms with Gasteiger partial charge >= 0.3 is 0 Å². The van der Waals surface area contributed by atoms with E-state index < -0.39 is 5.91 Å². The molecule has 1 amide bonds. The Kier molecular flexibility index (Phi) is 1.11. The van der Waals surface area contributed by atoms with E-state index in [1.54, 1.807) is 0 Å². The van der Waals surface area contributed by atoms with Gasteiger partial charge in [0.2, 0.25) is 0 Å². The Hall–Kier alpha value is -1.52. The van der Waals surface area contributed by atoms with Crippen LogP contribution in [0.4, 0.5) is 0 Å². The summed E-state index contributed by atoms with van der Waals surface area (Å²) < 4.78 is 0. The van der Waals surface area contributed by atoms with Crippen molar-refractivity contribution >= 4 is 5.91 Å². The number of rotatable bonds is 1. The van der Waals surface area contributed by atoms with E-state index in [1.807, 2.05) is 0 Å². The molecule has 9 heavy (non-hydrogen) atoms. The van der Waals surface area contributed by atoms with Crippen LogP contribution in [0.1, 0.15) is 10.4 Å². The van der Waals surface area contributed by atoms with Gasteiger partial charge in [-0.05, 0) is 0 Å². The second kappa shape index (κ2) is 1.77. The third kappa shape index (κ3) is 0.987. The van der Waals surface area contributed by atoms with Gasteiger partial charge in [-0.3, -0.25) is 4.79 Å². The van der Waals surface area contributed by atoms with Gasteiger partial charge in [0.1, 0.15) is 0 Å². The quantitative estimate of drug-likeness (QED) is 0.458. The molecule has 1 heterocycles. The zero-order valence-electron chi connectivity index (χ0n) is 4.61. The number of aromatic nitrogens is 2. The lowest BCUT2D eigenvalue weighted by Gasteiger charge is -1.82. The molecule has 1 aromatic heterocycles. The number of nitrogens with zero attached hydrogens (tertiary/aromatic N) is 2. The van der Waals surface area contributed by atoms with Crippen LogP contribution < -0.4 is 11.6 Å². The van der Waals surface area contributed by atoms with Gasteiger partial charge in [-0.1, -0.05) is 0 Å². The van der Waals surface area contributed by atoms with Gasteiger partial charge in [0.05, 0.1) is 18.0 Å².